The molecule has 0 spiro atoms. The highest BCUT2D eigenvalue weighted by Gasteiger charge is 2.01. The highest BCUT2D eigenvalue weighted by Crippen LogP contribution is 2.24. The summed E-state index contributed by atoms with van der Waals surface area (Å²) in [4.78, 5) is 4.48. The van der Waals surface area contributed by atoms with Crippen molar-refractivity contribution in [3.63, 3.8) is 0 Å². The van der Waals surface area contributed by atoms with Crippen LogP contribution in [-0.4, -0.2) is 12.1 Å². The summed E-state index contributed by atoms with van der Waals surface area (Å²) in [7, 11) is 1.67. The molecule has 0 radical (unpaired) electrons. The van der Waals surface area contributed by atoms with Crippen LogP contribution in [0.15, 0.2) is 30.3 Å². The summed E-state index contributed by atoms with van der Waals surface area (Å²) in [5, 5.41) is 1.83. The lowest BCUT2D eigenvalue weighted by atomic mass is 10.2. The van der Waals surface area contributed by atoms with E-state index in [-0.39, 0.29) is 0 Å². The molecule has 72 valence electrons. The van der Waals surface area contributed by atoms with Gasteiger partial charge in [-0.3, -0.25) is 4.98 Å². The molecule has 1 aromatic carbocycles. The molecule has 2 aromatic rings. The topological polar surface area (TPSA) is 22.1 Å². The van der Waals surface area contributed by atoms with E-state index in [9.17, 15) is 0 Å². The minimum Gasteiger partial charge on any atom is -0.496 e. The zero-order valence-corrected chi connectivity index (χ0v) is 9.41. The number of alkyl halides is 1. The third kappa shape index (κ3) is 1.60. The zero-order chi connectivity index (χ0) is 9.97. The largest absolute Gasteiger partial charge is 0.496 e. The Morgan fingerprint density at radius 1 is 1.29 bits per heavy atom. The fourth-order valence-electron chi connectivity index (χ4n) is 1.42. The molecule has 0 N–H and O–H groups in total. The Bertz CT molecular complexity index is 456. The van der Waals surface area contributed by atoms with E-state index in [1.165, 1.54) is 0 Å². The smallest absolute Gasteiger partial charge is 0.128 e. The van der Waals surface area contributed by atoms with E-state index in [1.54, 1.807) is 7.11 Å². The Morgan fingerprint density at radius 3 is 2.86 bits per heavy atom. The third-order valence-corrected chi connectivity index (χ3v) is 2.68. The third-order valence-electron chi connectivity index (χ3n) is 2.11. The lowest BCUT2D eigenvalue weighted by Crippen LogP contribution is -1.89. The minimum absolute atomic E-state index is 0.778. The number of rotatable bonds is 2. The van der Waals surface area contributed by atoms with Crippen molar-refractivity contribution in [1.82, 2.24) is 4.98 Å². The quantitative estimate of drug-likeness (QED) is 0.766. The summed E-state index contributed by atoms with van der Waals surface area (Å²) in [5.74, 6) is 0.871. The van der Waals surface area contributed by atoms with Gasteiger partial charge in [0, 0.05) is 10.7 Å². The van der Waals surface area contributed by atoms with Gasteiger partial charge < -0.3 is 4.74 Å². The van der Waals surface area contributed by atoms with Crippen LogP contribution in [0.3, 0.4) is 0 Å². The van der Waals surface area contributed by atoms with Crippen molar-refractivity contribution in [3.8, 4) is 5.75 Å². The Labute approximate surface area is 91.0 Å². The maximum atomic E-state index is 5.25. The fourth-order valence-corrected chi connectivity index (χ4v) is 1.73. The van der Waals surface area contributed by atoms with Gasteiger partial charge in [-0.15, -0.1) is 0 Å². The number of nitrogens with zero attached hydrogens (tertiary/aromatic N) is 1. The van der Waals surface area contributed by atoms with E-state index >= 15 is 0 Å². The second kappa shape index (κ2) is 3.96. The average Bonchev–Trinajstić information content (AvgIpc) is 2.27. The van der Waals surface area contributed by atoms with Crippen LogP contribution in [0.5, 0.6) is 5.75 Å². The van der Waals surface area contributed by atoms with E-state index < -0.39 is 0 Å². The predicted molar refractivity (Wildman–Crippen MR) is 60.9 cm³/mol. The molecule has 0 aliphatic rings. The van der Waals surface area contributed by atoms with Crippen LogP contribution in [0.25, 0.3) is 10.9 Å². The molecule has 0 atom stereocenters. The lowest BCUT2D eigenvalue weighted by molar-refractivity contribution is 0.419. The van der Waals surface area contributed by atoms with Crippen LogP contribution in [0.2, 0.25) is 0 Å². The summed E-state index contributed by atoms with van der Waals surface area (Å²) < 4.78 is 5.25. The van der Waals surface area contributed by atoms with Crippen LogP contribution >= 0.6 is 15.9 Å². The van der Waals surface area contributed by atoms with Gasteiger partial charge in [-0.25, -0.2) is 0 Å². The first kappa shape index (κ1) is 9.46. The molecule has 0 bridgehead atoms. The summed E-state index contributed by atoms with van der Waals surface area (Å²) >= 11 is 3.39. The van der Waals surface area contributed by atoms with E-state index in [4.69, 9.17) is 4.74 Å². The van der Waals surface area contributed by atoms with Gasteiger partial charge in [0.25, 0.3) is 0 Å². The molecule has 14 heavy (non-hydrogen) atoms. The standard InChI is InChI=1S/C11H10BrNO/c1-14-11-4-2-3-10-9(11)6-5-8(7-12)13-10/h2-6H,7H2,1H3. The van der Waals surface area contributed by atoms with Gasteiger partial charge in [0.15, 0.2) is 0 Å². The van der Waals surface area contributed by atoms with Gasteiger partial charge in [-0.1, -0.05) is 22.0 Å². The number of hydrogen-bond donors (Lipinski definition) is 0. The molecule has 2 nitrogen and oxygen atoms in total. The van der Waals surface area contributed by atoms with Gasteiger partial charge in [-0.2, -0.15) is 0 Å². The Morgan fingerprint density at radius 2 is 2.14 bits per heavy atom. The molecule has 0 unspecified atom stereocenters. The molecule has 1 aromatic heterocycles. The number of halogens is 1. The molecule has 0 saturated carbocycles. The Kier molecular flexibility index (Phi) is 2.68. The second-order valence-corrected chi connectivity index (χ2v) is 3.52. The summed E-state index contributed by atoms with van der Waals surface area (Å²) in [5.41, 5.74) is 2.01. The number of ether oxygens (including phenoxy) is 1. The maximum Gasteiger partial charge on any atom is 0.128 e. The predicted octanol–water partition coefficient (Wildman–Crippen LogP) is 3.14. The Hall–Kier alpha value is -1.09. The van der Waals surface area contributed by atoms with Gasteiger partial charge in [-0.05, 0) is 24.3 Å². The van der Waals surface area contributed by atoms with E-state index in [2.05, 4.69) is 20.9 Å². The molecule has 0 aliphatic carbocycles. The van der Waals surface area contributed by atoms with Crippen LogP contribution < -0.4 is 4.74 Å². The molecule has 0 fully saturated rings. The monoisotopic (exact) mass is 251 g/mol. The first-order chi connectivity index (χ1) is 6.85. The highest BCUT2D eigenvalue weighted by atomic mass is 79.9. The van der Waals surface area contributed by atoms with Crippen LogP contribution in [0.1, 0.15) is 5.69 Å². The number of methoxy groups -OCH3 is 1. The summed E-state index contributed by atoms with van der Waals surface area (Å²) in [6.45, 7) is 0. The minimum atomic E-state index is 0.778. The number of benzene rings is 1. The van der Waals surface area contributed by atoms with Crippen molar-refractivity contribution in [1.29, 1.82) is 0 Å². The van der Waals surface area contributed by atoms with Crippen LogP contribution in [-0.2, 0) is 5.33 Å². The molecule has 1 heterocycles. The van der Waals surface area contributed by atoms with Gasteiger partial charge >= 0.3 is 0 Å². The normalized spacial score (nSPS) is 10.4. The van der Waals surface area contributed by atoms with E-state index in [0.29, 0.717) is 0 Å². The average molecular weight is 252 g/mol. The number of aromatic nitrogens is 1. The van der Waals surface area contributed by atoms with Gasteiger partial charge in [0.1, 0.15) is 5.75 Å². The number of fused-ring (bicyclic) bond motifs is 1. The van der Waals surface area contributed by atoms with E-state index in [0.717, 1.165) is 27.7 Å². The molecule has 2 rings (SSSR count). The number of pyridine rings is 1. The number of hydrogen-bond acceptors (Lipinski definition) is 2. The van der Waals surface area contributed by atoms with E-state index in [1.807, 2.05) is 30.3 Å². The van der Waals surface area contributed by atoms with Crippen molar-refractivity contribution >= 4 is 26.8 Å². The van der Waals surface area contributed by atoms with Crippen LogP contribution in [0.4, 0.5) is 0 Å². The summed E-state index contributed by atoms with van der Waals surface area (Å²) in [6.07, 6.45) is 0. The van der Waals surface area contributed by atoms with Gasteiger partial charge in [0.2, 0.25) is 0 Å². The molecule has 0 saturated heterocycles. The lowest BCUT2D eigenvalue weighted by Gasteiger charge is -2.05. The zero-order valence-electron chi connectivity index (χ0n) is 7.83. The fraction of sp³-hybridized carbons (Fsp3) is 0.182. The maximum absolute atomic E-state index is 5.25. The molecule has 0 aliphatic heterocycles. The highest BCUT2D eigenvalue weighted by molar-refractivity contribution is 9.08. The molecule has 3 heteroatoms. The Balaban J connectivity index is 2.67. The van der Waals surface area contributed by atoms with Crippen LogP contribution in [0, 0.1) is 0 Å². The van der Waals surface area contributed by atoms with Crippen molar-refractivity contribution in [2.24, 2.45) is 0 Å². The molecule has 0 amide bonds. The van der Waals surface area contributed by atoms with Crippen molar-refractivity contribution in [2.45, 2.75) is 5.33 Å². The first-order valence-electron chi connectivity index (χ1n) is 4.34. The summed E-state index contributed by atoms with van der Waals surface area (Å²) in [6, 6.07) is 9.92. The van der Waals surface area contributed by atoms with Crippen molar-refractivity contribution in [2.75, 3.05) is 7.11 Å². The second-order valence-electron chi connectivity index (χ2n) is 2.96. The SMILES string of the molecule is COc1cccc2nc(CBr)ccc12. The first-order valence-corrected chi connectivity index (χ1v) is 5.46. The van der Waals surface area contributed by atoms with Crippen molar-refractivity contribution < 1.29 is 4.74 Å². The van der Waals surface area contributed by atoms with Crippen molar-refractivity contribution in [3.05, 3.63) is 36.0 Å². The molecular weight excluding hydrogens is 242 g/mol. The molecular formula is C11H10BrNO. The van der Waals surface area contributed by atoms with Gasteiger partial charge in [0.05, 0.1) is 18.3 Å².